The molecule has 1 atom stereocenters. The molecule has 0 bridgehead atoms. The number of amides is 1. The second-order valence-corrected chi connectivity index (χ2v) is 7.40. The fourth-order valence-corrected chi connectivity index (χ4v) is 2.59. The fraction of sp³-hybridized carbons (Fsp3) is 0.381. The molecule has 0 heterocycles. The molecule has 0 aliphatic rings. The van der Waals surface area contributed by atoms with Crippen molar-refractivity contribution in [1.29, 1.82) is 0 Å². The highest BCUT2D eigenvalue weighted by atomic mass is 16.3. The normalized spacial score (nSPS) is 12.7. The molecule has 4 heteroatoms. The van der Waals surface area contributed by atoms with E-state index in [-0.39, 0.29) is 11.3 Å². The summed E-state index contributed by atoms with van der Waals surface area (Å²) in [4.78, 5) is 11.0. The Bertz CT molecular complexity index is 685. The number of carbonyl (C=O) groups excluding carboxylic acids is 1. The molecule has 2 rings (SSSR count). The first-order valence-corrected chi connectivity index (χ1v) is 8.61. The highest BCUT2D eigenvalue weighted by molar-refractivity contribution is 5.88. The van der Waals surface area contributed by atoms with E-state index in [1.165, 1.54) is 12.5 Å². The Morgan fingerprint density at radius 2 is 1.64 bits per heavy atom. The zero-order valence-electron chi connectivity index (χ0n) is 15.5. The minimum Gasteiger partial charge on any atom is -0.387 e. The van der Waals surface area contributed by atoms with E-state index in [1.807, 2.05) is 36.4 Å². The lowest BCUT2D eigenvalue weighted by atomic mass is 9.86. The standard InChI is InChI=1S/C21H28N2O2/c1-15(24)23-19-11-5-16(6-12-19)13-22-14-20(25)17-7-9-18(10-8-17)21(2,3)4/h5-12,20,22,25H,13-14H2,1-4H3,(H,23,24). The summed E-state index contributed by atoms with van der Waals surface area (Å²) >= 11 is 0. The van der Waals surface area contributed by atoms with Crippen LogP contribution in [0.15, 0.2) is 48.5 Å². The van der Waals surface area contributed by atoms with Crippen LogP contribution in [0.5, 0.6) is 0 Å². The lowest BCUT2D eigenvalue weighted by molar-refractivity contribution is -0.114. The quantitative estimate of drug-likeness (QED) is 0.750. The van der Waals surface area contributed by atoms with Gasteiger partial charge in [0, 0.05) is 25.7 Å². The van der Waals surface area contributed by atoms with Crippen molar-refractivity contribution in [2.45, 2.75) is 45.8 Å². The molecule has 0 radical (unpaired) electrons. The number of aliphatic hydroxyl groups is 1. The van der Waals surface area contributed by atoms with Crippen molar-refractivity contribution >= 4 is 11.6 Å². The SMILES string of the molecule is CC(=O)Nc1ccc(CNCC(O)c2ccc(C(C)(C)C)cc2)cc1. The Balaban J connectivity index is 1.83. The molecule has 0 spiro atoms. The van der Waals surface area contributed by atoms with Crippen LogP contribution in [0.3, 0.4) is 0 Å². The van der Waals surface area contributed by atoms with Crippen molar-refractivity contribution in [2.75, 3.05) is 11.9 Å². The molecule has 0 fully saturated rings. The van der Waals surface area contributed by atoms with Gasteiger partial charge in [-0.15, -0.1) is 0 Å². The van der Waals surface area contributed by atoms with Crippen LogP contribution >= 0.6 is 0 Å². The summed E-state index contributed by atoms with van der Waals surface area (Å²) in [5.41, 5.74) is 4.18. The van der Waals surface area contributed by atoms with Gasteiger partial charge >= 0.3 is 0 Å². The summed E-state index contributed by atoms with van der Waals surface area (Å²) in [6.07, 6.45) is -0.535. The highest BCUT2D eigenvalue weighted by Gasteiger charge is 2.14. The lowest BCUT2D eigenvalue weighted by Crippen LogP contribution is -2.21. The van der Waals surface area contributed by atoms with Gasteiger partial charge in [0.2, 0.25) is 5.91 Å². The van der Waals surface area contributed by atoms with Gasteiger partial charge < -0.3 is 15.7 Å². The number of hydrogen-bond donors (Lipinski definition) is 3. The molecule has 4 nitrogen and oxygen atoms in total. The third-order valence-electron chi connectivity index (χ3n) is 4.10. The van der Waals surface area contributed by atoms with E-state index >= 15 is 0 Å². The summed E-state index contributed by atoms with van der Waals surface area (Å²) in [5, 5.41) is 16.3. The van der Waals surface area contributed by atoms with Gasteiger partial charge in [0.25, 0.3) is 0 Å². The summed E-state index contributed by atoms with van der Waals surface area (Å²) < 4.78 is 0. The summed E-state index contributed by atoms with van der Waals surface area (Å²) in [6, 6.07) is 15.8. The monoisotopic (exact) mass is 340 g/mol. The molecular weight excluding hydrogens is 312 g/mol. The van der Waals surface area contributed by atoms with Crippen LogP contribution in [-0.2, 0) is 16.8 Å². The summed E-state index contributed by atoms with van der Waals surface area (Å²) in [5.74, 6) is -0.0773. The van der Waals surface area contributed by atoms with E-state index in [9.17, 15) is 9.90 Å². The van der Waals surface area contributed by atoms with Crippen LogP contribution in [0.1, 0.15) is 50.5 Å². The van der Waals surface area contributed by atoms with Gasteiger partial charge in [-0.1, -0.05) is 57.2 Å². The molecule has 1 unspecified atom stereocenters. The average Bonchev–Trinajstić information content (AvgIpc) is 2.55. The van der Waals surface area contributed by atoms with Gasteiger partial charge in [-0.05, 0) is 34.2 Å². The molecule has 0 aliphatic carbocycles. The number of anilines is 1. The smallest absolute Gasteiger partial charge is 0.221 e. The first-order chi connectivity index (χ1) is 11.8. The maximum absolute atomic E-state index is 11.0. The third-order valence-corrected chi connectivity index (χ3v) is 4.10. The molecule has 0 saturated heterocycles. The van der Waals surface area contributed by atoms with Crippen molar-refractivity contribution in [1.82, 2.24) is 5.32 Å². The zero-order chi connectivity index (χ0) is 18.4. The number of rotatable bonds is 6. The zero-order valence-corrected chi connectivity index (χ0v) is 15.5. The van der Waals surface area contributed by atoms with Gasteiger partial charge in [-0.3, -0.25) is 4.79 Å². The summed E-state index contributed by atoms with van der Waals surface area (Å²) in [7, 11) is 0. The molecular formula is C21H28N2O2. The van der Waals surface area contributed by atoms with Crippen molar-refractivity contribution < 1.29 is 9.90 Å². The Hall–Kier alpha value is -2.17. The Labute approximate surface area is 150 Å². The van der Waals surface area contributed by atoms with Crippen molar-refractivity contribution in [3.05, 3.63) is 65.2 Å². The van der Waals surface area contributed by atoms with E-state index in [0.29, 0.717) is 13.1 Å². The highest BCUT2D eigenvalue weighted by Crippen LogP contribution is 2.23. The van der Waals surface area contributed by atoms with E-state index < -0.39 is 6.10 Å². The predicted molar refractivity (Wildman–Crippen MR) is 103 cm³/mol. The van der Waals surface area contributed by atoms with Crippen LogP contribution in [-0.4, -0.2) is 17.6 Å². The second-order valence-electron chi connectivity index (χ2n) is 7.40. The maximum atomic E-state index is 11.0. The van der Waals surface area contributed by atoms with Crippen molar-refractivity contribution in [2.24, 2.45) is 0 Å². The topological polar surface area (TPSA) is 61.4 Å². The third kappa shape index (κ3) is 6.00. The van der Waals surface area contributed by atoms with E-state index in [0.717, 1.165) is 16.8 Å². The van der Waals surface area contributed by atoms with Crippen molar-refractivity contribution in [3.63, 3.8) is 0 Å². The Morgan fingerprint density at radius 3 is 2.16 bits per heavy atom. The molecule has 25 heavy (non-hydrogen) atoms. The van der Waals surface area contributed by atoms with Gasteiger partial charge in [-0.2, -0.15) is 0 Å². The molecule has 0 aromatic heterocycles. The number of hydrogen-bond acceptors (Lipinski definition) is 3. The molecule has 2 aromatic rings. The fourth-order valence-electron chi connectivity index (χ4n) is 2.59. The van der Waals surface area contributed by atoms with Crippen LogP contribution in [0.4, 0.5) is 5.69 Å². The molecule has 1 amide bonds. The van der Waals surface area contributed by atoms with E-state index in [4.69, 9.17) is 0 Å². The minimum absolute atomic E-state index is 0.0773. The van der Waals surface area contributed by atoms with Gasteiger partial charge in [-0.25, -0.2) is 0 Å². The summed E-state index contributed by atoms with van der Waals surface area (Å²) in [6.45, 7) is 9.18. The minimum atomic E-state index is -0.535. The van der Waals surface area contributed by atoms with E-state index in [2.05, 4.69) is 43.5 Å². The molecule has 0 aliphatic heterocycles. The van der Waals surface area contributed by atoms with Crippen LogP contribution in [0.25, 0.3) is 0 Å². The second kappa shape index (κ2) is 8.28. The van der Waals surface area contributed by atoms with E-state index in [1.54, 1.807) is 0 Å². The van der Waals surface area contributed by atoms with Crippen molar-refractivity contribution in [3.8, 4) is 0 Å². The first-order valence-electron chi connectivity index (χ1n) is 8.61. The van der Waals surface area contributed by atoms with Gasteiger partial charge in [0.15, 0.2) is 0 Å². The number of nitrogens with one attached hydrogen (secondary N) is 2. The van der Waals surface area contributed by atoms with Crippen LogP contribution < -0.4 is 10.6 Å². The first kappa shape index (κ1) is 19.2. The predicted octanol–water partition coefficient (Wildman–Crippen LogP) is 3.77. The number of benzene rings is 2. The number of carbonyl (C=O) groups is 1. The molecule has 3 N–H and O–H groups in total. The Morgan fingerprint density at radius 1 is 1.04 bits per heavy atom. The number of aliphatic hydroxyl groups excluding tert-OH is 1. The molecule has 134 valence electrons. The average molecular weight is 340 g/mol. The Kier molecular flexibility index (Phi) is 6.34. The lowest BCUT2D eigenvalue weighted by Gasteiger charge is -2.20. The van der Waals surface area contributed by atoms with Gasteiger partial charge in [0.1, 0.15) is 0 Å². The molecule has 2 aromatic carbocycles. The van der Waals surface area contributed by atoms with Gasteiger partial charge in [0.05, 0.1) is 6.10 Å². The molecule has 0 saturated carbocycles. The van der Waals surface area contributed by atoms with Crippen LogP contribution in [0, 0.1) is 0 Å². The largest absolute Gasteiger partial charge is 0.387 e. The maximum Gasteiger partial charge on any atom is 0.221 e. The van der Waals surface area contributed by atoms with Crippen LogP contribution in [0.2, 0.25) is 0 Å².